The number of aromatic nitrogens is 4. The Kier molecular flexibility index (Phi) is 5.40. The van der Waals surface area contributed by atoms with E-state index in [9.17, 15) is 13.6 Å². The summed E-state index contributed by atoms with van der Waals surface area (Å²) in [5.41, 5.74) is 0.00547. The van der Waals surface area contributed by atoms with E-state index >= 15 is 0 Å². The quantitative estimate of drug-likeness (QED) is 0.615. The van der Waals surface area contributed by atoms with Gasteiger partial charge in [0.25, 0.3) is 5.56 Å². The molecule has 0 saturated carbocycles. The van der Waals surface area contributed by atoms with Crippen LogP contribution in [0.1, 0.15) is 26.2 Å². The fraction of sp³-hybridized carbons (Fsp3) is 0.381. The number of anilines is 1. The molecule has 156 valence electrons. The van der Waals surface area contributed by atoms with Crippen molar-refractivity contribution in [1.82, 2.24) is 19.1 Å². The third-order valence-electron chi connectivity index (χ3n) is 5.09. The van der Waals surface area contributed by atoms with Gasteiger partial charge in [-0.2, -0.15) is 9.97 Å². The molecule has 0 atom stereocenters. The van der Waals surface area contributed by atoms with Crippen LogP contribution in [0.5, 0.6) is 11.8 Å². The van der Waals surface area contributed by atoms with Gasteiger partial charge in [-0.3, -0.25) is 13.9 Å². The molecule has 1 aliphatic rings. The van der Waals surface area contributed by atoms with Gasteiger partial charge in [0.2, 0.25) is 11.7 Å². The predicted molar refractivity (Wildman–Crippen MR) is 109 cm³/mol. The van der Waals surface area contributed by atoms with E-state index in [-0.39, 0.29) is 23.7 Å². The van der Waals surface area contributed by atoms with Crippen molar-refractivity contribution in [3.63, 3.8) is 0 Å². The van der Waals surface area contributed by atoms with E-state index in [1.165, 1.54) is 13.1 Å². The van der Waals surface area contributed by atoms with Crippen LogP contribution >= 0.6 is 0 Å². The van der Waals surface area contributed by atoms with Crippen LogP contribution in [-0.4, -0.2) is 32.2 Å². The number of fused-ring (bicyclic) bond motifs is 1. The van der Waals surface area contributed by atoms with Gasteiger partial charge in [0.15, 0.2) is 22.8 Å². The van der Waals surface area contributed by atoms with Gasteiger partial charge >= 0.3 is 6.01 Å². The van der Waals surface area contributed by atoms with Gasteiger partial charge in [-0.1, -0.05) is 12.0 Å². The lowest BCUT2D eigenvalue weighted by Gasteiger charge is -2.27. The molecule has 4 rings (SSSR count). The van der Waals surface area contributed by atoms with E-state index < -0.39 is 22.9 Å². The first kappa shape index (κ1) is 19.9. The average molecular weight is 413 g/mol. The number of para-hydroxylation sites is 1. The van der Waals surface area contributed by atoms with Crippen molar-refractivity contribution in [3.8, 4) is 23.6 Å². The highest BCUT2D eigenvalue weighted by Gasteiger charge is 2.24. The van der Waals surface area contributed by atoms with Crippen molar-refractivity contribution in [2.24, 2.45) is 7.05 Å². The lowest BCUT2D eigenvalue weighted by atomic mass is 10.1. The molecule has 0 spiro atoms. The third kappa shape index (κ3) is 3.49. The first-order valence-electron chi connectivity index (χ1n) is 9.75. The normalized spacial score (nSPS) is 13.9. The number of halogens is 2. The Balaban J connectivity index is 1.86. The lowest BCUT2D eigenvalue weighted by molar-refractivity contribution is 0.366. The van der Waals surface area contributed by atoms with Crippen molar-refractivity contribution >= 4 is 17.1 Å². The van der Waals surface area contributed by atoms with Crippen molar-refractivity contribution < 1.29 is 13.5 Å². The second kappa shape index (κ2) is 8.14. The van der Waals surface area contributed by atoms with Crippen LogP contribution in [0.15, 0.2) is 23.0 Å². The summed E-state index contributed by atoms with van der Waals surface area (Å²) < 4.78 is 36.2. The summed E-state index contributed by atoms with van der Waals surface area (Å²) in [4.78, 5) is 24.1. The van der Waals surface area contributed by atoms with Gasteiger partial charge in [-0.25, -0.2) is 8.78 Å². The molecule has 7 nitrogen and oxygen atoms in total. The highest BCUT2D eigenvalue weighted by atomic mass is 19.1. The van der Waals surface area contributed by atoms with Crippen LogP contribution in [0.3, 0.4) is 0 Å². The first-order chi connectivity index (χ1) is 14.5. The number of rotatable bonds is 4. The summed E-state index contributed by atoms with van der Waals surface area (Å²) in [6.07, 6.45) is 3.22. The molecule has 1 aromatic carbocycles. The molecule has 3 heterocycles. The predicted octanol–water partition coefficient (Wildman–Crippen LogP) is 3.21. The number of benzene rings is 1. The molecule has 9 heteroatoms. The van der Waals surface area contributed by atoms with Crippen molar-refractivity contribution in [3.05, 3.63) is 40.2 Å². The summed E-state index contributed by atoms with van der Waals surface area (Å²) in [5.74, 6) is 4.04. The SMILES string of the molecule is CC#CCn1c(N2CCCCC2)nc2nc(Oc3c(F)cccc3F)n(C)c(=O)c21. The Morgan fingerprint density at radius 1 is 1.13 bits per heavy atom. The molecule has 1 saturated heterocycles. The van der Waals surface area contributed by atoms with Crippen LogP contribution in [-0.2, 0) is 13.6 Å². The fourth-order valence-electron chi connectivity index (χ4n) is 3.53. The average Bonchev–Trinajstić information content (AvgIpc) is 3.11. The van der Waals surface area contributed by atoms with Crippen LogP contribution in [0, 0.1) is 23.5 Å². The Labute approximate surface area is 171 Å². The first-order valence-corrected chi connectivity index (χ1v) is 9.75. The lowest BCUT2D eigenvalue weighted by Crippen LogP contribution is -2.32. The van der Waals surface area contributed by atoms with Crippen molar-refractivity contribution in [1.29, 1.82) is 0 Å². The summed E-state index contributed by atoms with van der Waals surface area (Å²) >= 11 is 0. The fourth-order valence-corrected chi connectivity index (χ4v) is 3.53. The van der Waals surface area contributed by atoms with E-state index in [1.807, 2.05) is 0 Å². The van der Waals surface area contributed by atoms with Gasteiger partial charge in [0, 0.05) is 20.1 Å². The molecule has 1 fully saturated rings. The van der Waals surface area contributed by atoms with Crippen molar-refractivity contribution in [2.75, 3.05) is 18.0 Å². The minimum atomic E-state index is -0.887. The second-order valence-electron chi connectivity index (χ2n) is 7.06. The maximum absolute atomic E-state index is 14.0. The molecule has 0 unspecified atom stereocenters. The smallest absolute Gasteiger partial charge is 0.306 e. The van der Waals surface area contributed by atoms with Gasteiger partial charge in [-0.15, -0.1) is 5.92 Å². The maximum atomic E-state index is 14.0. The maximum Gasteiger partial charge on any atom is 0.306 e. The molecule has 1 aliphatic heterocycles. The number of piperidine rings is 1. The van der Waals surface area contributed by atoms with E-state index in [4.69, 9.17) is 4.74 Å². The Hall–Kier alpha value is -3.41. The summed E-state index contributed by atoms with van der Waals surface area (Å²) in [6, 6.07) is 3.13. The summed E-state index contributed by atoms with van der Waals surface area (Å²) in [6.45, 7) is 3.67. The number of ether oxygens (including phenoxy) is 1. The minimum Gasteiger partial charge on any atom is -0.419 e. The highest BCUT2D eigenvalue weighted by Crippen LogP contribution is 2.28. The van der Waals surface area contributed by atoms with E-state index in [0.29, 0.717) is 5.95 Å². The molecule has 0 aliphatic carbocycles. The van der Waals surface area contributed by atoms with Crippen LogP contribution < -0.4 is 15.2 Å². The second-order valence-corrected chi connectivity index (χ2v) is 7.06. The van der Waals surface area contributed by atoms with Crippen molar-refractivity contribution in [2.45, 2.75) is 32.7 Å². The van der Waals surface area contributed by atoms with Gasteiger partial charge < -0.3 is 9.64 Å². The zero-order valence-corrected chi connectivity index (χ0v) is 16.8. The van der Waals surface area contributed by atoms with Gasteiger partial charge in [0.1, 0.15) is 0 Å². The van der Waals surface area contributed by atoms with E-state index in [0.717, 1.165) is 49.1 Å². The van der Waals surface area contributed by atoms with Crippen LogP contribution in [0.2, 0.25) is 0 Å². The number of nitrogens with zero attached hydrogens (tertiary/aromatic N) is 5. The molecule has 3 aromatic rings. The molecule has 0 amide bonds. The zero-order valence-electron chi connectivity index (χ0n) is 16.8. The van der Waals surface area contributed by atoms with Crippen LogP contribution in [0.4, 0.5) is 14.7 Å². The Bertz CT molecular complexity index is 1200. The molecule has 0 bridgehead atoms. The number of hydrogen-bond donors (Lipinski definition) is 0. The summed E-state index contributed by atoms with van der Waals surface area (Å²) in [5, 5.41) is 0. The number of imidazole rings is 1. The third-order valence-corrected chi connectivity index (χ3v) is 5.09. The molecule has 0 radical (unpaired) electrons. The van der Waals surface area contributed by atoms with Gasteiger partial charge in [0.05, 0.1) is 6.54 Å². The molecule has 2 aromatic heterocycles. The van der Waals surface area contributed by atoms with Gasteiger partial charge in [-0.05, 0) is 38.3 Å². The molecule has 0 N–H and O–H groups in total. The molecule has 30 heavy (non-hydrogen) atoms. The van der Waals surface area contributed by atoms with Crippen LogP contribution in [0.25, 0.3) is 11.2 Å². The summed E-state index contributed by atoms with van der Waals surface area (Å²) in [7, 11) is 1.44. The number of hydrogen-bond acceptors (Lipinski definition) is 5. The standard InChI is InChI=1S/C21H21F2N5O2/c1-3-4-13-28-16-18(24-20(28)27-11-6-5-7-12-27)25-21(26(2)19(16)29)30-17-14(22)9-8-10-15(17)23/h8-10H,5-7,11-13H2,1-2H3. The minimum absolute atomic E-state index is 0.156. The van der Waals surface area contributed by atoms with E-state index in [1.54, 1.807) is 11.5 Å². The van der Waals surface area contributed by atoms with E-state index in [2.05, 4.69) is 26.7 Å². The molecular weight excluding hydrogens is 392 g/mol. The highest BCUT2D eigenvalue weighted by molar-refractivity contribution is 5.75. The zero-order chi connectivity index (χ0) is 21.3. The topological polar surface area (TPSA) is 65.2 Å². The molecular formula is C21H21F2N5O2. The largest absolute Gasteiger partial charge is 0.419 e. The Morgan fingerprint density at radius 3 is 2.50 bits per heavy atom. The monoisotopic (exact) mass is 413 g/mol. The Morgan fingerprint density at radius 2 is 1.83 bits per heavy atom.